The molecule has 0 aliphatic heterocycles. The lowest BCUT2D eigenvalue weighted by molar-refractivity contribution is 0.0385. The number of ether oxygens (including phenoxy) is 1. The summed E-state index contributed by atoms with van der Waals surface area (Å²) in [6.07, 6.45) is 5.48. The van der Waals surface area contributed by atoms with Gasteiger partial charge in [0.15, 0.2) is 0 Å². The smallest absolute Gasteiger partial charge is 0.0724 e. The maximum absolute atomic E-state index is 5.56. The number of nitrogens with one attached hydrogen (secondary N) is 1. The zero-order valence-corrected chi connectivity index (χ0v) is 10.9. The number of thiophene rings is 1. The molecular weight excluding hydrogens is 218 g/mol. The van der Waals surface area contributed by atoms with Crippen LogP contribution in [0.2, 0.25) is 0 Å². The molecule has 0 radical (unpaired) electrons. The minimum atomic E-state index is 0.399. The average molecular weight is 239 g/mol. The fraction of sp³-hybridized carbons (Fsp3) is 0.692. The van der Waals surface area contributed by atoms with Crippen molar-refractivity contribution < 1.29 is 4.74 Å². The van der Waals surface area contributed by atoms with E-state index in [-0.39, 0.29) is 0 Å². The van der Waals surface area contributed by atoms with Gasteiger partial charge in [-0.05, 0) is 31.2 Å². The predicted octanol–water partition coefficient (Wildman–Crippen LogP) is 3.36. The van der Waals surface area contributed by atoms with Crippen molar-refractivity contribution in [2.45, 2.75) is 50.8 Å². The van der Waals surface area contributed by atoms with Crippen molar-refractivity contribution in [3.8, 4) is 0 Å². The van der Waals surface area contributed by atoms with Gasteiger partial charge in [0.2, 0.25) is 0 Å². The van der Waals surface area contributed by atoms with Crippen LogP contribution in [0.5, 0.6) is 0 Å². The van der Waals surface area contributed by atoms with Gasteiger partial charge in [0, 0.05) is 24.1 Å². The number of hydrogen-bond donors (Lipinski definition) is 1. The third kappa shape index (κ3) is 2.84. The van der Waals surface area contributed by atoms with Crippen LogP contribution in [0.15, 0.2) is 17.5 Å². The van der Waals surface area contributed by atoms with E-state index in [1.807, 2.05) is 18.4 Å². The highest BCUT2D eigenvalue weighted by Gasteiger charge is 2.26. The lowest BCUT2D eigenvalue weighted by Gasteiger charge is -2.33. The van der Waals surface area contributed by atoms with Crippen LogP contribution in [0.25, 0.3) is 0 Å². The fourth-order valence-electron chi connectivity index (χ4n) is 2.51. The van der Waals surface area contributed by atoms with Crippen LogP contribution in [-0.4, -0.2) is 19.3 Å². The zero-order valence-electron chi connectivity index (χ0n) is 10.1. The molecule has 1 aliphatic rings. The van der Waals surface area contributed by atoms with Gasteiger partial charge in [-0.25, -0.2) is 0 Å². The van der Waals surface area contributed by atoms with Crippen molar-refractivity contribution in [3.63, 3.8) is 0 Å². The number of hydrogen-bond acceptors (Lipinski definition) is 3. The highest BCUT2D eigenvalue weighted by molar-refractivity contribution is 7.10. The highest BCUT2D eigenvalue weighted by Crippen LogP contribution is 2.25. The first-order chi connectivity index (χ1) is 7.81. The normalized spacial score (nSPS) is 27.9. The van der Waals surface area contributed by atoms with E-state index in [9.17, 15) is 0 Å². The summed E-state index contributed by atoms with van der Waals surface area (Å²) in [5.74, 6) is 0. The van der Waals surface area contributed by atoms with Gasteiger partial charge in [-0.15, -0.1) is 11.3 Å². The van der Waals surface area contributed by atoms with Gasteiger partial charge < -0.3 is 10.1 Å². The maximum atomic E-state index is 5.56. The van der Waals surface area contributed by atoms with Crippen molar-refractivity contribution >= 4 is 11.3 Å². The van der Waals surface area contributed by atoms with E-state index in [4.69, 9.17) is 4.74 Å². The minimum absolute atomic E-state index is 0.399. The first-order valence-electron chi connectivity index (χ1n) is 6.13. The van der Waals surface area contributed by atoms with Crippen LogP contribution >= 0.6 is 11.3 Å². The molecule has 1 aromatic heterocycles. The summed E-state index contributed by atoms with van der Waals surface area (Å²) >= 11 is 1.83. The molecule has 3 heteroatoms. The Labute approximate surface area is 102 Å². The Morgan fingerprint density at radius 1 is 1.44 bits per heavy atom. The van der Waals surface area contributed by atoms with Crippen molar-refractivity contribution in [1.82, 2.24) is 5.32 Å². The van der Waals surface area contributed by atoms with Crippen molar-refractivity contribution in [3.05, 3.63) is 22.4 Å². The van der Waals surface area contributed by atoms with Gasteiger partial charge in [0.25, 0.3) is 0 Å². The van der Waals surface area contributed by atoms with Crippen LogP contribution in [0.3, 0.4) is 0 Å². The van der Waals surface area contributed by atoms with Crippen LogP contribution in [0.4, 0.5) is 0 Å². The Kier molecular flexibility index (Phi) is 4.38. The first-order valence-corrected chi connectivity index (χ1v) is 7.01. The molecule has 1 fully saturated rings. The van der Waals surface area contributed by atoms with Gasteiger partial charge in [-0.3, -0.25) is 0 Å². The van der Waals surface area contributed by atoms with Gasteiger partial charge >= 0.3 is 0 Å². The lowest BCUT2D eigenvalue weighted by Crippen LogP contribution is -2.43. The molecule has 0 saturated heterocycles. The number of methoxy groups -OCH3 is 1. The third-order valence-electron chi connectivity index (χ3n) is 3.44. The Morgan fingerprint density at radius 2 is 2.25 bits per heavy atom. The Balaban J connectivity index is 1.92. The molecule has 1 N–H and O–H groups in total. The lowest BCUT2D eigenvalue weighted by atomic mass is 9.92. The van der Waals surface area contributed by atoms with E-state index in [1.54, 1.807) is 0 Å². The summed E-state index contributed by atoms with van der Waals surface area (Å²) in [5.41, 5.74) is 0. The van der Waals surface area contributed by atoms with Crippen LogP contribution in [0.1, 0.15) is 43.5 Å². The quantitative estimate of drug-likeness (QED) is 0.870. The second-order valence-corrected chi connectivity index (χ2v) is 5.55. The monoisotopic (exact) mass is 239 g/mol. The van der Waals surface area contributed by atoms with Crippen LogP contribution in [0, 0.1) is 0 Å². The zero-order chi connectivity index (χ0) is 11.4. The molecule has 0 aromatic carbocycles. The predicted molar refractivity (Wildman–Crippen MR) is 68.9 cm³/mol. The Hall–Kier alpha value is -0.380. The Bertz CT molecular complexity index is 299. The molecule has 0 bridgehead atoms. The van der Waals surface area contributed by atoms with E-state index >= 15 is 0 Å². The van der Waals surface area contributed by atoms with E-state index in [1.165, 1.54) is 30.6 Å². The molecule has 0 spiro atoms. The second kappa shape index (κ2) is 5.80. The van der Waals surface area contributed by atoms with Crippen molar-refractivity contribution in [2.24, 2.45) is 0 Å². The summed E-state index contributed by atoms with van der Waals surface area (Å²) in [4.78, 5) is 1.42. The molecule has 2 rings (SSSR count). The highest BCUT2D eigenvalue weighted by atomic mass is 32.1. The topological polar surface area (TPSA) is 21.3 Å². The standard InChI is InChI=1S/C13H21NOS/c1-10(13-8-5-9-16-13)14-11-6-3-4-7-12(11)15-2/h5,8-12,14H,3-4,6-7H2,1-2H3/t10-,11?,12?/m0/s1. The minimum Gasteiger partial charge on any atom is -0.380 e. The van der Waals surface area contributed by atoms with Crippen LogP contribution < -0.4 is 5.32 Å². The van der Waals surface area contributed by atoms with E-state index in [0.29, 0.717) is 18.2 Å². The summed E-state index contributed by atoms with van der Waals surface area (Å²) in [7, 11) is 1.83. The van der Waals surface area contributed by atoms with Crippen LogP contribution in [-0.2, 0) is 4.74 Å². The van der Waals surface area contributed by atoms with E-state index < -0.39 is 0 Å². The average Bonchev–Trinajstić information content (AvgIpc) is 2.83. The molecule has 16 heavy (non-hydrogen) atoms. The van der Waals surface area contributed by atoms with E-state index in [2.05, 4.69) is 29.8 Å². The van der Waals surface area contributed by atoms with E-state index in [0.717, 1.165) is 0 Å². The van der Waals surface area contributed by atoms with Gasteiger partial charge in [-0.1, -0.05) is 18.9 Å². The molecule has 0 amide bonds. The first kappa shape index (κ1) is 12.1. The maximum Gasteiger partial charge on any atom is 0.0724 e. The van der Waals surface area contributed by atoms with Crippen molar-refractivity contribution in [2.75, 3.05) is 7.11 Å². The molecular formula is C13H21NOS. The molecule has 1 aliphatic carbocycles. The summed E-state index contributed by atoms with van der Waals surface area (Å²) < 4.78 is 5.56. The van der Waals surface area contributed by atoms with Crippen molar-refractivity contribution in [1.29, 1.82) is 0 Å². The molecule has 90 valence electrons. The van der Waals surface area contributed by atoms with Gasteiger partial charge in [0.1, 0.15) is 0 Å². The molecule has 2 nitrogen and oxygen atoms in total. The molecule has 1 heterocycles. The van der Waals surface area contributed by atoms with Gasteiger partial charge in [-0.2, -0.15) is 0 Å². The third-order valence-corrected chi connectivity index (χ3v) is 4.49. The summed E-state index contributed by atoms with van der Waals surface area (Å²) in [6.45, 7) is 2.24. The molecule has 2 unspecified atom stereocenters. The SMILES string of the molecule is COC1CCCCC1N[C@@H](C)c1cccs1. The molecule has 1 aromatic rings. The summed E-state index contributed by atoms with van der Waals surface area (Å²) in [6, 6.07) is 5.29. The number of rotatable bonds is 4. The summed E-state index contributed by atoms with van der Waals surface area (Å²) in [5, 5.41) is 5.85. The molecule has 1 saturated carbocycles. The fourth-order valence-corrected chi connectivity index (χ4v) is 3.25. The Morgan fingerprint density at radius 3 is 2.94 bits per heavy atom. The molecule has 3 atom stereocenters. The van der Waals surface area contributed by atoms with Gasteiger partial charge in [0.05, 0.1) is 6.10 Å². The largest absolute Gasteiger partial charge is 0.380 e. The second-order valence-electron chi connectivity index (χ2n) is 4.57.